The smallest absolute Gasteiger partial charge is 0.303 e. The maximum absolute atomic E-state index is 10.6. The van der Waals surface area contributed by atoms with E-state index in [1.54, 1.807) is 0 Å². The zero-order chi connectivity index (χ0) is 14.0. The number of benzene rings is 1. The summed E-state index contributed by atoms with van der Waals surface area (Å²) in [5, 5.41) is 10.0. The molecule has 1 aromatic heterocycles. The number of nitrogens with zero attached hydrogens (tertiary/aromatic N) is 1. The zero-order valence-corrected chi connectivity index (χ0v) is 11.8. The molecule has 1 atom stereocenters. The predicted octanol–water partition coefficient (Wildman–Crippen LogP) is 3.85. The van der Waals surface area contributed by atoms with Crippen LogP contribution in [-0.2, 0) is 11.8 Å². The molecule has 0 amide bonds. The van der Waals surface area contributed by atoms with Crippen molar-refractivity contribution in [2.24, 2.45) is 7.05 Å². The Morgan fingerprint density at radius 2 is 2.05 bits per heavy atom. The highest BCUT2D eigenvalue weighted by atomic mass is 16.4. The molecule has 19 heavy (non-hydrogen) atoms. The molecule has 0 aliphatic rings. The summed E-state index contributed by atoms with van der Waals surface area (Å²) in [6.45, 7) is 4.33. The highest BCUT2D eigenvalue weighted by molar-refractivity contribution is 5.86. The van der Waals surface area contributed by atoms with E-state index in [0.717, 1.165) is 12.8 Å². The van der Waals surface area contributed by atoms with Gasteiger partial charge >= 0.3 is 5.97 Å². The molecule has 0 spiro atoms. The second kappa shape index (κ2) is 5.47. The number of hydrogen-bond donors (Lipinski definition) is 1. The van der Waals surface area contributed by atoms with Crippen molar-refractivity contribution in [3.05, 3.63) is 35.5 Å². The van der Waals surface area contributed by atoms with Crippen LogP contribution in [0.3, 0.4) is 0 Å². The lowest BCUT2D eigenvalue weighted by Crippen LogP contribution is -2.00. The Balaban J connectivity index is 2.29. The van der Waals surface area contributed by atoms with Crippen LogP contribution in [0.15, 0.2) is 24.3 Å². The molecule has 1 aromatic carbocycles. The van der Waals surface area contributed by atoms with Gasteiger partial charge in [-0.15, -0.1) is 0 Å². The number of carbonyl (C=O) groups is 1. The SMILES string of the molecule is Cc1c(C(C)CCCC(=O)O)c2ccccc2n1C. The lowest BCUT2D eigenvalue weighted by Gasteiger charge is -2.12. The number of rotatable bonds is 5. The first-order chi connectivity index (χ1) is 9.02. The van der Waals surface area contributed by atoms with Gasteiger partial charge in [0.2, 0.25) is 0 Å². The normalized spacial score (nSPS) is 12.8. The summed E-state index contributed by atoms with van der Waals surface area (Å²) in [6, 6.07) is 8.41. The molecule has 102 valence electrons. The molecule has 0 saturated heterocycles. The monoisotopic (exact) mass is 259 g/mol. The first-order valence-electron chi connectivity index (χ1n) is 6.78. The van der Waals surface area contributed by atoms with Crippen LogP contribution in [0.4, 0.5) is 0 Å². The van der Waals surface area contributed by atoms with Crippen LogP contribution in [0.25, 0.3) is 10.9 Å². The first-order valence-corrected chi connectivity index (χ1v) is 6.78. The third-order valence-corrected chi connectivity index (χ3v) is 3.97. The van der Waals surface area contributed by atoms with E-state index in [1.165, 1.54) is 22.2 Å². The second-order valence-corrected chi connectivity index (χ2v) is 5.26. The molecule has 0 aliphatic carbocycles. The van der Waals surface area contributed by atoms with Gasteiger partial charge in [0.15, 0.2) is 0 Å². The van der Waals surface area contributed by atoms with Crippen molar-refractivity contribution in [2.75, 3.05) is 0 Å². The molecule has 3 heteroatoms. The van der Waals surface area contributed by atoms with Gasteiger partial charge in [0.1, 0.15) is 0 Å². The fraction of sp³-hybridized carbons (Fsp3) is 0.438. The van der Waals surface area contributed by atoms with E-state index in [4.69, 9.17) is 5.11 Å². The van der Waals surface area contributed by atoms with Crippen molar-refractivity contribution < 1.29 is 9.90 Å². The molecular formula is C16H21NO2. The molecule has 1 heterocycles. The molecule has 0 fully saturated rings. The van der Waals surface area contributed by atoms with Crippen molar-refractivity contribution in [2.45, 2.75) is 39.0 Å². The standard InChI is InChI=1S/C16H21NO2/c1-11(7-6-10-15(18)19)16-12(2)17(3)14-9-5-4-8-13(14)16/h4-5,8-9,11H,6-7,10H2,1-3H3,(H,18,19). The number of carboxylic acids is 1. The lowest BCUT2D eigenvalue weighted by atomic mass is 9.93. The number of aryl methyl sites for hydroxylation is 1. The Bertz CT molecular complexity index is 598. The number of aromatic nitrogens is 1. The van der Waals surface area contributed by atoms with Crippen molar-refractivity contribution in [1.82, 2.24) is 4.57 Å². The van der Waals surface area contributed by atoms with E-state index in [1.807, 2.05) is 0 Å². The molecule has 2 aromatic rings. The van der Waals surface area contributed by atoms with Crippen LogP contribution in [0.1, 0.15) is 43.4 Å². The van der Waals surface area contributed by atoms with Crippen LogP contribution in [0.5, 0.6) is 0 Å². The number of fused-ring (bicyclic) bond motifs is 1. The Morgan fingerprint density at radius 1 is 1.37 bits per heavy atom. The number of para-hydroxylation sites is 1. The Hall–Kier alpha value is -1.77. The minimum atomic E-state index is -0.707. The van der Waals surface area contributed by atoms with Gasteiger partial charge in [0.25, 0.3) is 0 Å². The third kappa shape index (κ3) is 2.65. The third-order valence-electron chi connectivity index (χ3n) is 3.97. The summed E-state index contributed by atoms with van der Waals surface area (Å²) < 4.78 is 2.22. The maximum atomic E-state index is 10.6. The molecule has 0 aliphatic heterocycles. The average Bonchev–Trinajstić information content (AvgIpc) is 2.62. The summed E-state index contributed by atoms with van der Waals surface area (Å²) in [6.07, 6.45) is 1.91. The van der Waals surface area contributed by atoms with E-state index >= 15 is 0 Å². The van der Waals surface area contributed by atoms with Gasteiger partial charge in [-0.05, 0) is 37.3 Å². The molecule has 1 unspecified atom stereocenters. The van der Waals surface area contributed by atoms with E-state index in [2.05, 4.69) is 49.7 Å². The molecular weight excluding hydrogens is 238 g/mol. The molecule has 3 nitrogen and oxygen atoms in total. The fourth-order valence-electron chi connectivity index (χ4n) is 2.88. The highest BCUT2D eigenvalue weighted by Crippen LogP contribution is 2.33. The Morgan fingerprint density at radius 3 is 2.74 bits per heavy atom. The summed E-state index contributed by atoms with van der Waals surface area (Å²) in [5.74, 6) is -0.313. The van der Waals surface area contributed by atoms with Crippen molar-refractivity contribution in [3.63, 3.8) is 0 Å². The van der Waals surface area contributed by atoms with Gasteiger partial charge in [-0.3, -0.25) is 4.79 Å². The predicted molar refractivity (Wildman–Crippen MR) is 77.6 cm³/mol. The summed E-state index contributed by atoms with van der Waals surface area (Å²) >= 11 is 0. The molecule has 0 saturated carbocycles. The number of aliphatic carboxylic acids is 1. The molecule has 0 bridgehead atoms. The maximum Gasteiger partial charge on any atom is 0.303 e. The minimum Gasteiger partial charge on any atom is -0.481 e. The van der Waals surface area contributed by atoms with Gasteiger partial charge in [-0.2, -0.15) is 0 Å². The van der Waals surface area contributed by atoms with Crippen LogP contribution < -0.4 is 0 Å². The summed E-state index contributed by atoms with van der Waals surface area (Å²) in [7, 11) is 2.09. The van der Waals surface area contributed by atoms with Gasteiger partial charge in [0.05, 0.1) is 0 Å². The van der Waals surface area contributed by atoms with Crippen LogP contribution in [0.2, 0.25) is 0 Å². The van der Waals surface area contributed by atoms with Gasteiger partial charge in [-0.1, -0.05) is 25.1 Å². The number of hydrogen-bond acceptors (Lipinski definition) is 1. The highest BCUT2D eigenvalue weighted by Gasteiger charge is 2.17. The van der Waals surface area contributed by atoms with E-state index < -0.39 is 5.97 Å². The largest absolute Gasteiger partial charge is 0.481 e. The fourth-order valence-corrected chi connectivity index (χ4v) is 2.88. The van der Waals surface area contributed by atoms with Gasteiger partial charge in [-0.25, -0.2) is 0 Å². The molecule has 2 rings (SSSR count). The Kier molecular flexibility index (Phi) is 3.93. The van der Waals surface area contributed by atoms with Crippen LogP contribution in [-0.4, -0.2) is 15.6 Å². The summed E-state index contributed by atoms with van der Waals surface area (Å²) in [5.41, 5.74) is 3.90. The van der Waals surface area contributed by atoms with Crippen LogP contribution in [0, 0.1) is 6.92 Å². The van der Waals surface area contributed by atoms with Crippen molar-refractivity contribution in [3.8, 4) is 0 Å². The van der Waals surface area contributed by atoms with E-state index in [-0.39, 0.29) is 6.42 Å². The first kappa shape index (κ1) is 13.7. The zero-order valence-electron chi connectivity index (χ0n) is 11.8. The Labute approximate surface area is 113 Å². The van der Waals surface area contributed by atoms with Crippen molar-refractivity contribution >= 4 is 16.9 Å². The molecule has 0 radical (unpaired) electrons. The van der Waals surface area contributed by atoms with Crippen LogP contribution >= 0.6 is 0 Å². The quantitative estimate of drug-likeness (QED) is 0.886. The lowest BCUT2D eigenvalue weighted by molar-refractivity contribution is -0.137. The van der Waals surface area contributed by atoms with E-state index in [0.29, 0.717) is 5.92 Å². The van der Waals surface area contributed by atoms with E-state index in [9.17, 15) is 4.79 Å². The average molecular weight is 259 g/mol. The number of carboxylic acid groups (broad SMARTS) is 1. The second-order valence-electron chi connectivity index (χ2n) is 5.26. The topological polar surface area (TPSA) is 42.2 Å². The summed E-state index contributed by atoms with van der Waals surface area (Å²) in [4.78, 5) is 10.6. The van der Waals surface area contributed by atoms with Gasteiger partial charge in [0, 0.05) is 30.1 Å². The molecule has 1 N–H and O–H groups in total. The minimum absolute atomic E-state index is 0.258. The van der Waals surface area contributed by atoms with Gasteiger partial charge < -0.3 is 9.67 Å². The van der Waals surface area contributed by atoms with Crippen molar-refractivity contribution in [1.29, 1.82) is 0 Å².